The number of halogens is 1. The third-order valence-electron chi connectivity index (χ3n) is 3.76. The average Bonchev–Trinajstić information content (AvgIpc) is 3.04. The first kappa shape index (κ1) is 15.4. The van der Waals surface area contributed by atoms with Gasteiger partial charge in [-0.2, -0.15) is 5.10 Å². The minimum Gasteiger partial charge on any atom is -0.321 e. The molecule has 0 unspecified atom stereocenters. The van der Waals surface area contributed by atoms with Gasteiger partial charge >= 0.3 is 0 Å². The Bertz CT molecular complexity index is 737. The number of benzene rings is 2. The van der Waals surface area contributed by atoms with E-state index in [1.165, 1.54) is 17.7 Å². The number of hydrogen-bond acceptors (Lipinski definition) is 3. The van der Waals surface area contributed by atoms with Crippen LogP contribution in [-0.2, 0) is 12.8 Å². The molecule has 0 amide bonds. The molecule has 3 aromatic rings. The van der Waals surface area contributed by atoms with Crippen molar-refractivity contribution in [1.82, 2.24) is 15.2 Å². The third-order valence-corrected chi connectivity index (χ3v) is 3.76. The van der Waals surface area contributed by atoms with E-state index in [1.54, 1.807) is 12.1 Å². The smallest absolute Gasteiger partial charge is 0.155 e. The van der Waals surface area contributed by atoms with E-state index in [0.717, 1.165) is 18.4 Å². The maximum absolute atomic E-state index is 12.9. The van der Waals surface area contributed by atoms with Crippen LogP contribution in [0.15, 0.2) is 54.6 Å². The van der Waals surface area contributed by atoms with Gasteiger partial charge in [0, 0.05) is 6.42 Å². The molecule has 0 saturated heterocycles. The molecule has 23 heavy (non-hydrogen) atoms. The topological polar surface area (TPSA) is 67.6 Å². The van der Waals surface area contributed by atoms with E-state index in [-0.39, 0.29) is 11.9 Å². The summed E-state index contributed by atoms with van der Waals surface area (Å²) >= 11 is 0. The lowest BCUT2D eigenvalue weighted by molar-refractivity contribution is 0.614. The minimum absolute atomic E-state index is 0.176. The fraction of sp³-hybridized carbons (Fsp3) is 0.222. The summed E-state index contributed by atoms with van der Waals surface area (Å²) < 4.78 is 12.9. The van der Waals surface area contributed by atoms with Crippen molar-refractivity contribution in [1.29, 1.82) is 0 Å². The van der Waals surface area contributed by atoms with E-state index < -0.39 is 0 Å². The van der Waals surface area contributed by atoms with Crippen molar-refractivity contribution in [2.24, 2.45) is 5.73 Å². The normalized spacial score (nSPS) is 12.3. The Kier molecular flexibility index (Phi) is 4.78. The fourth-order valence-corrected chi connectivity index (χ4v) is 2.44. The number of nitrogens with zero attached hydrogens (tertiary/aromatic N) is 2. The molecule has 0 radical (unpaired) electrons. The summed E-state index contributed by atoms with van der Waals surface area (Å²) in [7, 11) is 0. The molecule has 1 aromatic heterocycles. The van der Waals surface area contributed by atoms with Crippen LogP contribution in [0.2, 0.25) is 0 Å². The SMILES string of the molecule is N[C@H](CCc1ccccc1)c1nc(Cc2ccc(F)cc2)n[nH]1. The van der Waals surface area contributed by atoms with Crippen LogP contribution in [-0.4, -0.2) is 15.2 Å². The van der Waals surface area contributed by atoms with Gasteiger partial charge < -0.3 is 5.73 Å². The maximum atomic E-state index is 12.9. The monoisotopic (exact) mass is 310 g/mol. The molecule has 3 N–H and O–H groups in total. The summed E-state index contributed by atoms with van der Waals surface area (Å²) in [4.78, 5) is 4.45. The molecule has 0 aliphatic rings. The van der Waals surface area contributed by atoms with Crippen molar-refractivity contribution in [3.63, 3.8) is 0 Å². The number of nitrogens with one attached hydrogen (secondary N) is 1. The predicted molar refractivity (Wildman–Crippen MR) is 87.3 cm³/mol. The predicted octanol–water partition coefficient (Wildman–Crippen LogP) is 3.17. The largest absolute Gasteiger partial charge is 0.321 e. The highest BCUT2D eigenvalue weighted by molar-refractivity contribution is 5.20. The molecule has 0 aliphatic carbocycles. The van der Waals surface area contributed by atoms with Crippen LogP contribution in [0, 0.1) is 5.82 Å². The van der Waals surface area contributed by atoms with E-state index in [4.69, 9.17) is 5.73 Å². The van der Waals surface area contributed by atoms with Gasteiger partial charge in [-0.1, -0.05) is 42.5 Å². The molecular weight excluding hydrogens is 291 g/mol. The lowest BCUT2D eigenvalue weighted by atomic mass is 10.1. The van der Waals surface area contributed by atoms with Crippen LogP contribution in [0.4, 0.5) is 4.39 Å². The summed E-state index contributed by atoms with van der Waals surface area (Å²) in [6.45, 7) is 0. The molecule has 0 bridgehead atoms. The van der Waals surface area contributed by atoms with Gasteiger partial charge in [-0.25, -0.2) is 9.37 Å². The van der Waals surface area contributed by atoms with Gasteiger partial charge in [0.1, 0.15) is 11.6 Å². The molecule has 0 aliphatic heterocycles. The van der Waals surface area contributed by atoms with Crippen molar-refractivity contribution < 1.29 is 4.39 Å². The summed E-state index contributed by atoms with van der Waals surface area (Å²) in [5.74, 6) is 1.12. The minimum atomic E-state index is -0.243. The second-order valence-electron chi connectivity index (χ2n) is 5.57. The van der Waals surface area contributed by atoms with E-state index in [2.05, 4.69) is 27.3 Å². The van der Waals surface area contributed by atoms with Gasteiger partial charge in [0.05, 0.1) is 6.04 Å². The second kappa shape index (κ2) is 7.15. The molecule has 4 nitrogen and oxygen atoms in total. The van der Waals surface area contributed by atoms with Gasteiger partial charge in [-0.3, -0.25) is 5.10 Å². The molecule has 1 heterocycles. The van der Waals surface area contributed by atoms with Crippen molar-refractivity contribution in [3.05, 3.63) is 83.2 Å². The second-order valence-corrected chi connectivity index (χ2v) is 5.57. The average molecular weight is 310 g/mol. The molecule has 0 saturated carbocycles. The van der Waals surface area contributed by atoms with E-state index in [1.807, 2.05) is 18.2 Å². The van der Waals surface area contributed by atoms with Crippen molar-refractivity contribution in [3.8, 4) is 0 Å². The van der Waals surface area contributed by atoms with E-state index >= 15 is 0 Å². The highest BCUT2D eigenvalue weighted by Gasteiger charge is 2.12. The molecule has 1 atom stereocenters. The first-order chi connectivity index (χ1) is 11.2. The number of aryl methyl sites for hydroxylation is 1. The molecule has 3 rings (SSSR count). The molecule has 5 heteroatoms. The number of rotatable bonds is 6. The van der Waals surface area contributed by atoms with Gasteiger partial charge in [0.15, 0.2) is 5.82 Å². The quantitative estimate of drug-likeness (QED) is 0.735. The summed E-state index contributed by atoms with van der Waals surface area (Å²) in [6.07, 6.45) is 2.26. The number of hydrogen-bond donors (Lipinski definition) is 2. The lowest BCUT2D eigenvalue weighted by Crippen LogP contribution is -2.13. The van der Waals surface area contributed by atoms with Crippen molar-refractivity contribution in [2.75, 3.05) is 0 Å². The van der Waals surface area contributed by atoms with Gasteiger partial charge in [0.25, 0.3) is 0 Å². The number of nitrogens with two attached hydrogens (primary N) is 1. The van der Waals surface area contributed by atoms with Crippen LogP contribution in [0.25, 0.3) is 0 Å². The first-order valence-electron chi connectivity index (χ1n) is 7.66. The summed E-state index contributed by atoms with van der Waals surface area (Å²) in [5, 5.41) is 7.11. The van der Waals surface area contributed by atoms with Gasteiger partial charge in [-0.05, 0) is 36.1 Å². The van der Waals surface area contributed by atoms with Gasteiger partial charge in [0.2, 0.25) is 0 Å². The molecule has 0 fully saturated rings. The van der Waals surface area contributed by atoms with E-state index in [0.29, 0.717) is 18.1 Å². The fourth-order valence-electron chi connectivity index (χ4n) is 2.44. The Morgan fingerprint density at radius 2 is 1.74 bits per heavy atom. The van der Waals surface area contributed by atoms with Crippen LogP contribution in [0.3, 0.4) is 0 Å². The zero-order valence-electron chi connectivity index (χ0n) is 12.7. The maximum Gasteiger partial charge on any atom is 0.155 e. The van der Waals surface area contributed by atoms with Crippen LogP contribution in [0.5, 0.6) is 0 Å². The highest BCUT2D eigenvalue weighted by atomic mass is 19.1. The Balaban J connectivity index is 1.58. The van der Waals surface area contributed by atoms with Gasteiger partial charge in [-0.15, -0.1) is 0 Å². The molecular formula is C18H19FN4. The molecule has 2 aromatic carbocycles. The van der Waals surface area contributed by atoms with Crippen LogP contribution < -0.4 is 5.73 Å². The van der Waals surface area contributed by atoms with Crippen molar-refractivity contribution >= 4 is 0 Å². The summed E-state index contributed by atoms with van der Waals surface area (Å²) in [6, 6.07) is 16.4. The summed E-state index contributed by atoms with van der Waals surface area (Å²) in [5.41, 5.74) is 8.41. The Morgan fingerprint density at radius 1 is 1.00 bits per heavy atom. The first-order valence-corrected chi connectivity index (χ1v) is 7.66. The molecule has 0 spiro atoms. The standard InChI is InChI=1S/C18H19FN4/c19-15-9-6-14(7-10-15)12-17-21-18(23-22-17)16(20)11-8-13-4-2-1-3-5-13/h1-7,9-10,16H,8,11-12,20H2,(H,21,22,23)/t16-/m1/s1. The zero-order valence-corrected chi connectivity index (χ0v) is 12.7. The number of H-pyrrole nitrogens is 1. The van der Waals surface area contributed by atoms with Crippen molar-refractivity contribution in [2.45, 2.75) is 25.3 Å². The zero-order chi connectivity index (χ0) is 16.1. The molecule has 118 valence electrons. The van der Waals surface area contributed by atoms with Crippen LogP contribution in [0.1, 0.15) is 35.2 Å². The lowest BCUT2D eigenvalue weighted by Gasteiger charge is -2.07. The van der Waals surface area contributed by atoms with E-state index in [9.17, 15) is 4.39 Å². The number of aromatic amines is 1. The third kappa shape index (κ3) is 4.23. The Morgan fingerprint density at radius 3 is 2.48 bits per heavy atom. The Labute approximate surface area is 134 Å². The number of aromatic nitrogens is 3. The van der Waals surface area contributed by atoms with Crippen LogP contribution >= 0.6 is 0 Å². The Hall–Kier alpha value is -2.53. The highest BCUT2D eigenvalue weighted by Crippen LogP contribution is 2.14.